The van der Waals surface area contributed by atoms with E-state index in [0.717, 1.165) is 77.2 Å². The summed E-state index contributed by atoms with van der Waals surface area (Å²) in [5.41, 5.74) is 11.0. The first kappa shape index (κ1) is 28.8. The molecule has 0 spiro atoms. The van der Waals surface area contributed by atoms with E-state index in [-0.39, 0.29) is 0 Å². The van der Waals surface area contributed by atoms with Crippen LogP contribution in [0, 0.1) is 34.0 Å². The van der Waals surface area contributed by atoms with E-state index < -0.39 is 0 Å². The molecule has 50 heavy (non-hydrogen) atoms. The number of benzene rings is 7. The van der Waals surface area contributed by atoms with E-state index in [0.29, 0.717) is 16.7 Å². The fraction of sp³-hybridized carbons (Fsp3) is 0. The Morgan fingerprint density at radius 2 is 1.00 bits per heavy atom. The topological polar surface area (TPSA) is 81.2 Å². The first-order valence-electron chi connectivity index (χ1n) is 16.3. The molecule has 0 unspecified atom stereocenters. The molecule has 0 saturated heterocycles. The number of nitriles is 3. The molecule has 0 amide bonds. The van der Waals surface area contributed by atoms with Gasteiger partial charge in [-0.1, -0.05) is 84.9 Å². The highest BCUT2D eigenvalue weighted by atomic mass is 15.0. The van der Waals surface area contributed by atoms with Gasteiger partial charge in [-0.2, -0.15) is 15.8 Å². The first-order chi connectivity index (χ1) is 24.7. The summed E-state index contributed by atoms with van der Waals surface area (Å²) in [5, 5.41) is 34.8. The zero-order valence-corrected chi connectivity index (χ0v) is 26.7. The molecule has 0 aliphatic rings. The normalized spacial score (nSPS) is 11.1. The summed E-state index contributed by atoms with van der Waals surface area (Å²) in [6, 6.07) is 57.7. The Labute approximate surface area is 287 Å². The van der Waals surface area contributed by atoms with Crippen molar-refractivity contribution < 1.29 is 0 Å². The molecular formula is C45H25N5. The van der Waals surface area contributed by atoms with Crippen LogP contribution >= 0.6 is 0 Å². The third kappa shape index (κ3) is 4.31. The highest BCUT2D eigenvalue weighted by Crippen LogP contribution is 2.40. The van der Waals surface area contributed by atoms with Crippen molar-refractivity contribution >= 4 is 43.6 Å². The van der Waals surface area contributed by atoms with E-state index >= 15 is 0 Å². The largest absolute Gasteiger partial charge is 0.309 e. The minimum absolute atomic E-state index is 0.537. The summed E-state index contributed by atoms with van der Waals surface area (Å²) in [4.78, 5) is 0. The number of fused-ring (bicyclic) bond motifs is 6. The standard InChI is InChI=1S/C45H25N5/c46-26-29-19-22-43-39(23-29)38-14-3-4-15-40(38)49(43)34-20-21-35(33(25-34)28-48)30-9-7-10-31(24-30)45-32(27-47)11-8-18-44(45)50-41-16-5-1-12-36(41)37-13-2-6-17-42(37)50/h1-25H. The Hall–Kier alpha value is -7.39. The summed E-state index contributed by atoms with van der Waals surface area (Å²) in [5.74, 6) is 0. The molecule has 2 heterocycles. The van der Waals surface area contributed by atoms with E-state index in [2.05, 4.69) is 88.0 Å². The molecule has 0 atom stereocenters. The van der Waals surface area contributed by atoms with Crippen molar-refractivity contribution in [3.63, 3.8) is 0 Å². The quantitative estimate of drug-likeness (QED) is 0.193. The van der Waals surface area contributed by atoms with Gasteiger partial charge < -0.3 is 9.13 Å². The molecule has 0 radical (unpaired) electrons. The monoisotopic (exact) mass is 635 g/mol. The molecule has 0 saturated carbocycles. The third-order valence-corrected chi connectivity index (χ3v) is 9.63. The summed E-state index contributed by atoms with van der Waals surface area (Å²) in [7, 11) is 0. The van der Waals surface area contributed by atoms with Crippen LogP contribution < -0.4 is 0 Å². The molecule has 0 fully saturated rings. The Morgan fingerprint density at radius 3 is 1.68 bits per heavy atom. The van der Waals surface area contributed by atoms with Crippen molar-refractivity contribution in [3.05, 3.63) is 168 Å². The van der Waals surface area contributed by atoms with Gasteiger partial charge >= 0.3 is 0 Å². The molecule has 5 nitrogen and oxygen atoms in total. The highest BCUT2D eigenvalue weighted by molar-refractivity contribution is 6.11. The van der Waals surface area contributed by atoms with Gasteiger partial charge in [0, 0.05) is 32.8 Å². The van der Waals surface area contributed by atoms with Crippen LogP contribution in [0.1, 0.15) is 16.7 Å². The third-order valence-electron chi connectivity index (χ3n) is 9.63. The van der Waals surface area contributed by atoms with Crippen LogP contribution in [0.5, 0.6) is 0 Å². The van der Waals surface area contributed by atoms with Crippen molar-refractivity contribution in [1.29, 1.82) is 15.8 Å². The molecule has 0 bridgehead atoms. The lowest BCUT2D eigenvalue weighted by atomic mass is 9.93. The van der Waals surface area contributed by atoms with Crippen LogP contribution in [0.25, 0.3) is 77.2 Å². The van der Waals surface area contributed by atoms with Crippen LogP contribution in [0.2, 0.25) is 0 Å². The maximum atomic E-state index is 10.5. The fourth-order valence-electron chi connectivity index (χ4n) is 7.48. The van der Waals surface area contributed by atoms with Crippen LogP contribution in [0.4, 0.5) is 0 Å². The van der Waals surface area contributed by atoms with Gasteiger partial charge in [0.2, 0.25) is 0 Å². The van der Waals surface area contributed by atoms with Gasteiger partial charge in [0.25, 0.3) is 0 Å². The predicted octanol–water partition coefficient (Wildman–Crippen LogP) is 10.8. The van der Waals surface area contributed by atoms with Crippen molar-refractivity contribution in [1.82, 2.24) is 9.13 Å². The van der Waals surface area contributed by atoms with Gasteiger partial charge in [-0.15, -0.1) is 0 Å². The van der Waals surface area contributed by atoms with Gasteiger partial charge in [-0.05, 0) is 83.4 Å². The Kier molecular flexibility index (Phi) is 6.56. The minimum Gasteiger partial charge on any atom is -0.309 e. The van der Waals surface area contributed by atoms with Crippen molar-refractivity contribution in [2.45, 2.75) is 0 Å². The molecule has 230 valence electrons. The summed E-state index contributed by atoms with van der Waals surface area (Å²) in [6.07, 6.45) is 0. The first-order valence-corrected chi connectivity index (χ1v) is 16.3. The zero-order valence-electron chi connectivity index (χ0n) is 26.7. The number of hydrogen-bond acceptors (Lipinski definition) is 3. The van der Waals surface area contributed by atoms with E-state index in [4.69, 9.17) is 0 Å². The van der Waals surface area contributed by atoms with Gasteiger partial charge in [0.1, 0.15) is 0 Å². The summed E-state index contributed by atoms with van der Waals surface area (Å²) < 4.78 is 4.39. The van der Waals surface area contributed by atoms with E-state index in [1.165, 1.54) is 0 Å². The number of hydrogen-bond donors (Lipinski definition) is 0. The fourth-order valence-corrected chi connectivity index (χ4v) is 7.48. The van der Waals surface area contributed by atoms with Crippen molar-refractivity contribution in [3.8, 4) is 51.8 Å². The van der Waals surface area contributed by atoms with Gasteiger partial charge in [0.05, 0.1) is 62.7 Å². The maximum Gasteiger partial charge on any atom is 0.0998 e. The Morgan fingerprint density at radius 1 is 0.400 bits per heavy atom. The minimum atomic E-state index is 0.537. The van der Waals surface area contributed by atoms with Crippen LogP contribution in [-0.4, -0.2) is 9.13 Å². The molecule has 5 heteroatoms. The lowest BCUT2D eigenvalue weighted by Crippen LogP contribution is -2.00. The zero-order chi connectivity index (χ0) is 33.8. The lowest BCUT2D eigenvalue weighted by molar-refractivity contribution is 1.18. The molecule has 0 N–H and O–H groups in total. The van der Waals surface area contributed by atoms with E-state index in [1.807, 2.05) is 91.0 Å². The van der Waals surface area contributed by atoms with Gasteiger partial charge in [-0.3, -0.25) is 0 Å². The van der Waals surface area contributed by atoms with Crippen molar-refractivity contribution in [2.24, 2.45) is 0 Å². The van der Waals surface area contributed by atoms with Crippen LogP contribution in [0.15, 0.2) is 152 Å². The Bertz CT molecular complexity index is 2920. The maximum absolute atomic E-state index is 10.5. The average molecular weight is 636 g/mol. The number of aromatic nitrogens is 2. The average Bonchev–Trinajstić information content (AvgIpc) is 3.70. The molecule has 2 aromatic heterocycles. The molecule has 0 aliphatic carbocycles. The molecular weight excluding hydrogens is 611 g/mol. The summed E-state index contributed by atoms with van der Waals surface area (Å²) in [6.45, 7) is 0. The second-order valence-corrected chi connectivity index (χ2v) is 12.3. The van der Waals surface area contributed by atoms with Crippen LogP contribution in [0.3, 0.4) is 0 Å². The molecule has 9 aromatic rings. The van der Waals surface area contributed by atoms with E-state index in [1.54, 1.807) is 0 Å². The smallest absolute Gasteiger partial charge is 0.0998 e. The SMILES string of the molecule is N#Cc1ccc2c(c1)c1ccccc1n2-c1ccc(-c2cccc(-c3c(C#N)cccc3-n3c4ccccc4c4ccccc43)c2)c(C#N)c1. The predicted molar refractivity (Wildman–Crippen MR) is 200 cm³/mol. The molecule has 7 aromatic carbocycles. The van der Waals surface area contributed by atoms with Gasteiger partial charge in [0.15, 0.2) is 0 Å². The van der Waals surface area contributed by atoms with Crippen LogP contribution in [-0.2, 0) is 0 Å². The lowest BCUT2D eigenvalue weighted by Gasteiger charge is -2.17. The highest BCUT2D eigenvalue weighted by Gasteiger charge is 2.19. The second kappa shape index (κ2) is 11.4. The molecule has 0 aliphatic heterocycles. The number of nitrogens with zero attached hydrogens (tertiary/aromatic N) is 5. The molecule has 9 rings (SSSR count). The van der Waals surface area contributed by atoms with Crippen molar-refractivity contribution in [2.75, 3.05) is 0 Å². The summed E-state index contributed by atoms with van der Waals surface area (Å²) >= 11 is 0. The number of para-hydroxylation sites is 3. The second-order valence-electron chi connectivity index (χ2n) is 12.3. The Balaban J connectivity index is 1.22. The number of rotatable bonds is 4. The van der Waals surface area contributed by atoms with E-state index in [9.17, 15) is 15.8 Å². The van der Waals surface area contributed by atoms with Gasteiger partial charge in [-0.25, -0.2) is 0 Å².